The van der Waals surface area contributed by atoms with Gasteiger partial charge in [0.15, 0.2) is 0 Å². The van der Waals surface area contributed by atoms with Gasteiger partial charge in [0.05, 0.1) is 4.90 Å². The minimum absolute atomic E-state index is 0.0417. The van der Waals surface area contributed by atoms with Crippen LogP contribution in [0.15, 0.2) is 78.0 Å². The first-order valence-corrected chi connectivity index (χ1v) is 10.2. The maximum Gasteiger partial charge on any atom is 0.319 e. The molecule has 0 spiro atoms. The van der Waals surface area contributed by atoms with E-state index in [-0.39, 0.29) is 17.3 Å². The van der Waals surface area contributed by atoms with E-state index in [0.717, 1.165) is 5.56 Å². The van der Waals surface area contributed by atoms with Gasteiger partial charge < -0.3 is 10.6 Å². The number of amides is 2. The number of anilines is 1. The zero-order valence-corrected chi connectivity index (χ0v) is 16.1. The molecule has 1 aromatic heterocycles. The zero-order chi connectivity index (χ0) is 20.7. The van der Waals surface area contributed by atoms with Crippen molar-refractivity contribution in [3.63, 3.8) is 0 Å². The molecule has 1 heterocycles. The Morgan fingerprint density at radius 3 is 2.14 bits per heavy atom. The molecule has 3 N–H and O–H groups in total. The van der Waals surface area contributed by atoms with Gasteiger partial charge in [-0.05, 0) is 59.7 Å². The van der Waals surface area contributed by atoms with E-state index in [9.17, 15) is 17.6 Å². The predicted octanol–water partition coefficient (Wildman–Crippen LogP) is 3.02. The largest absolute Gasteiger partial charge is 0.334 e. The van der Waals surface area contributed by atoms with E-state index < -0.39 is 16.1 Å². The number of sulfonamides is 1. The highest BCUT2D eigenvalue weighted by molar-refractivity contribution is 7.89. The molecule has 3 aromatic rings. The fourth-order valence-electron chi connectivity index (χ4n) is 2.44. The van der Waals surface area contributed by atoms with Crippen LogP contribution in [0.2, 0.25) is 0 Å². The molecule has 0 unspecified atom stereocenters. The van der Waals surface area contributed by atoms with Gasteiger partial charge in [-0.3, -0.25) is 4.98 Å². The number of urea groups is 1. The molecule has 0 fully saturated rings. The molecule has 0 saturated carbocycles. The Morgan fingerprint density at radius 2 is 1.48 bits per heavy atom. The first-order chi connectivity index (χ1) is 13.9. The second-order valence-electron chi connectivity index (χ2n) is 6.14. The van der Waals surface area contributed by atoms with E-state index in [4.69, 9.17) is 0 Å². The third-order valence-electron chi connectivity index (χ3n) is 4.00. The van der Waals surface area contributed by atoms with Crippen LogP contribution in [0, 0.1) is 5.82 Å². The van der Waals surface area contributed by atoms with Gasteiger partial charge in [0.1, 0.15) is 5.82 Å². The number of carbonyl (C=O) groups is 1. The van der Waals surface area contributed by atoms with Gasteiger partial charge >= 0.3 is 6.03 Å². The van der Waals surface area contributed by atoms with Crippen LogP contribution in [-0.4, -0.2) is 19.4 Å². The monoisotopic (exact) mass is 414 g/mol. The third-order valence-corrected chi connectivity index (χ3v) is 5.42. The number of pyridine rings is 1. The van der Waals surface area contributed by atoms with Crippen LogP contribution in [0.3, 0.4) is 0 Å². The third kappa shape index (κ3) is 6.09. The lowest BCUT2D eigenvalue weighted by Gasteiger charge is -2.10. The van der Waals surface area contributed by atoms with Crippen LogP contribution in [0.4, 0.5) is 14.9 Å². The first kappa shape index (κ1) is 20.4. The lowest BCUT2D eigenvalue weighted by molar-refractivity contribution is 0.251. The number of carbonyl (C=O) groups excluding carboxylic acids is 1. The highest BCUT2D eigenvalue weighted by Crippen LogP contribution is 2.14. The molecule has 0 atom stereocenters. The minimum Gasteiger partial charge on any atom is -0.334 e. The van der Waals surface area contributed by atoms with Crippen molar-refractivity contribution in [3.8, 4) is 0 Å². The Hall–Kier alpha value is -3.30. The summed E-state index contributed by atoms with van der Waals surface area (Å²) in [5, 5.41) is 5.34. The average Bonchev–Trinajstić information content (AvgIpc) is 2.73. The zero-order valence-electron chi connectivity index (χ0n) is 15.3. The van der Waals surface area contributed by atoms with Gasteiger partial charge in [0, 0.05) is 31.2 Å². The van der Waals surface area contributed by atoms with Crippen molar-refractivity contribution in [2.24, 2.45) is 0 Å². The van der Waals surface area contributed by atoms with Crippen molar-refractivity contribution >= 4 is 21.7 Å². The number of nitrogens with one attached hydrogen (secondary N) is 3. The van der Waals surface area contributed by atoms with Crippen LogP contribution >= 0.6 is 0 Å². The number of benzene rings is 2. The molecule has 0 radical (unpaired) electrons. The summed E-state index contributed by atoms with van der Waals surface area (Å²) in [7, 11) is -3.74. The summed E-state index contributed by atoms with van der Waals surface area (Å²) in [5.74, 6) is -0.385. The molecule has 150 valence electrons. The van der Waals surface area contributed by atoms with E-state index in [1.807, 2.05) is 0 Å². The Labute approximate surface area is 168 Å². The van der Waals surface area contributed by atoms with Gasteiger partial charge in [-0.15, -0.1) is 0 Å². The van der Waals surface area contributed by atoms with Crippen LogP contribution in [0.5, 0.6) is 0 Å². The lowest BCUT2D eigenvalue weighted by atomic mass is 10.2. The molecule has 0 aliphatic heterocycles. The maximum absolute atomic E-state index is 12.9. The number of rotatable bonds is 7. The fraction of sp³-hybridized carbons (Fsp3) is 0.100. The van der Waals surface area contributed by atoms with Crippen molar-refractivity contribution in [2.75, 3.05) is 5.32 Å². The van der Waals surface area contributed by atoms with Crippen molar-refractivity contribution in [2.45, 2.75) is 18.0 Å². The SMILES string of the molecule is O=C(NCc1ccncc1)Nc1ccc(S(=O)(=O)NCc2ccc(F)cc2)cc1. The normalized spacial score (nSPS) is 11.1. The summed E-state index contributed by atoms with van der Waals surface area (Å²) in [4.78, 5) is 15.9. The maximum atomic E-state index is 12.9. The summed E-state index contributed by atoms with van der Waals surface area (Å²) in [6.07, 6.45) is 3.27. The lowest BCUT2D eigenvalue weighted by Crippen LogP contribution is -2.28. The molecule has 2 aromatic carbocycles. The molecule has 0 aliphatic rings. The summed E-state index contributed by atoms with van der Waals surface area (Å²) in [6, 6.07) is 14.5. The Balaban J connectivity index is 1.54. The molecule has 3 rings (SSSR count). The Morgan fingerprint density at radius 1 is 0.862 bits per heavy atom. The molecule has 2 amide bonds. The van der Waals surface area contributed by atoms with Gasteiger partial charge in [-0.25, -0.2) is 22.3 Å². The van der Waals surface area contributed by atoms with Crippen molar-refractivity contribution in [1.82, 2.24) is 15.0 Å². The predicted molar refractivity (Wildman–Crippen MR) is 107 cm³/mol. The van der Waals surface area contributed by atoms with Crippen molar-refractivity contribution < 1.29 is 17.6 Å². The van der Waals surface area contributed by atoms with Crippen molar-refractivity contribution in [3.05, 3.63) is 90.0 Å². The number of aromatic nitrogens is 1. The molecule has 29 heavy (non-hydrogen) atoms. The number of hydrogen-bond donors (Lipinski definition) is 3. The number of halogens is 1. The number of hydrogen-bond acceptors (Lipinski definition) is 4. The summed E-state index contributed by atoms with van der Waals surface area (Å²) in [5.41, 5.74) is 2.00. The van der Waals surface area contributed by atoms with Gasteiger partial charge in [0.25, 0.3) is 0 Å². The van der Waals surface area contributed by atoms with Crippen LogP contribution in [0.25, 0.3) is 0 Å². The van der Waals surface area contributed by atoms with E-state index in [1.165, 1.54) is 48.5 Å². The van der Waals surface area contributed by atoms with E-state index in [1.54, 1.807) is 24.5 Å². The molecule has 0 bridgehead atoms. The summed E-state index contributed by atoms with van der Waals surface area (Å²) >= 11 is 0. The highest BCUT2D eigenvalue weighted by Gasteiger charge is 2.14. The van der Waals surface area contributed by atoms with Crippen LogP contribution in [0.1, 0.15) is 11.1 Å². The smallest absolute Gasteiger partial charge is 0.319 e. The fourth-order valence-corrected chi connectivity index (χ4v) is 3.46. The van der Waals surface area contributed by atoms with E-state index >= 15 is 0 Å². The summed E-state index contributed by atoms with van der Waals surface area (Å²) in [6.45, 7) is 0.383. The van der Waals surface area contributed by atoms with Crippen LogP contribution in [-0.2, 0) is 23.1 Å². The van der Waals surface area contributed by atoms with Gasteiger partial charge in [0.2, 0.25) is 10.0 Å². The molecule has 9 heteroatoms. The molecule has 7 nitrogen and oxygen atoms in total. The first-order valence-electron chi connectivity index (χ1n) is 8.70. The molecular weight excluding hydrogens is 395 g/mol. The second-order valence-corrected chi connectivity index (χ2v) is 7.91. The van der Waals surface area contributed by atoms with Crippen LogP contribution < -0.4 is 15.4 Å². The Kier molecular flexibility index (Phi) is 6.53. The van der Waals surface area contributed by atoms with Crippen molar-refractivity contribution in [1.29, 1.82) is 0 Å². The Bertz CT molecular complexity index is 1060. The van der Waals surface area contributed by atoms with E-state index in [2.05, 4.69) is 20.3 Å². The molecule has 0 saturated heterocycles. The topological polar surface area (TPSA) is 100 Å². The standard InChI is InChI=1S/C20H19FN4O3S/c21-17-3-1-15(2-4-17)14-24-29(27,28)19-7-5-18(6-8-19)25-20(26)23-13-16-9-11-22-12-10-16/h1-12,24H,13-14H2,(H2,23,25,26). The highest BCUT2D eigenvalue weighted by atomic mass is 32.2. The van der Waals surface area contributed by atoms with Gasteiger partial charge in [-0.2, -0.15) is 0 Å². The minimum atomic E-state index is -3.74. The quantitative estimate of drug-likeness (QED) is 0.553. The average molecular weight is 414 g/mol. The second kappa shape index (κ2) is 9.26. The molecular formula is C20H19FN4O3S. The number of nitrogens with zero attached hydrogens (tertiary/aromatic N) is 1. The summed E-state index contributed by atoms with van der Waals surface area (Å²) < 4.78 is 40.1. The van der Waals surface area contributed by atoms with E-state index in [0.29, 0.717) is 17.8 Å². The van der Waals surface area contributed by atoms with Gasteiger partial charge in [-0.1, -0.05) is 12.1 Å². The molecule has 0 aliphatic carbocycles.